The van der Waals surface area contributed by atoms with Crippen LogP contribution in [0.5, 0.6) is 5.75 Å². The molecule has 1 aromatic carbocycles. The second-order valence-electron chi connectivity index (χ2n) is 2.30. The molecule has 0 bridgehead atoms. The van der Waals surface area contributed by atoms with E-state index >= 15 is 0 Å². The summed E-state index contributed by atoms with van der Waals surface area (Å²) in [4.78, 5) is 0. The van der Waals surface area contributed by atoms with Crippen LogP contribution in [0.3, 0.4) is 0 Å². The topological polar surface area (TPSA) is 9.23 Å². The fourth-order valence-electron chi connectivity index (χ4n) is 1.08. The summed E-state index contributed by atoms with van der Waals surface area (Å²) >= 11 is 0. The Bertz CT molecular complexity index is 254. The predicted octanol–water partition coefficient (Wildman–Crippen LogP) is 0.609. The molecule has 0 N–H and O–H groups in total. The van der Waals surface area contributed by atoms with E-state index in [-0.39, 0.29) is 85.9 Å². The van der Waals surface area contributed by atoms with Crippen molar-refractivity contribution in [3.63, 3.8) is 0 Å². The SMILES string of the molecule is C1=COc2ccccc2C1.[Al].[Al].[Al].[Al].[Ni]. The number of benzene rings is 1. The third kappa shape index (κ3) is 7.33. The first-order valence-corrected chi connectivity index (χ1v) is 3.36. The first-order valence-electron chi connectivity index (χ1n) is 3.36. The molecule has 0 spiro atoms. The largest absolute Gasteiger partial charge is 0.465 e. The summed E-state index contributed by atoms with van der Waals surface area (Å²) < 4.78 is 5.24. The average molecular weight is 299 g/mol. The van der Waals surface area contributed by atoms with E-state index in [0.29, 0.717) is 0 Å². The van der Waals surface area contributed by atoms with Gasteiger partial charge >= 0.3 is 0 Å². The summed E-state index contributed by atoms with van der Waals surface area (Å²) in [7, 11) is 0. The Morgan fingerprint density at radius 2 is 1.53 bits per heavy atom. The third-order valence-corrected chi connectivity index (χ3v) is 1.60. The Hall–Kier alpha value is 1.38. The van der Waals surface area contributed by atoms with E-state index in [9.17, 15) is 0 Å². The smallest absolute Gasteiger partial charge is 0.130 e. The molecule has 0 aliphatic carbocycles. The van der Waals surface area contributed by atoms with Crippen LogP contribution in [0.2, 0.25) is 0 Å². The summed E-state index contributed by atoms with van der Waals surface area (Å²) in [5.41, 5.74) is 1.27. The van der Waals surface area contributed by atoms with Crippen molar-refractivity contribution in [2.45, 2.75) is 6.42 Å². The maximum Gasteiger partial charge on any atom is 0.130 e. The minimum Gasteiger partial charge on any atom is -0.465 e. The van der Waals surface area contributed by atoms with Crippen molar-refractivity contribution in [1.29, 1.82) is 0 Å². The molecule has 0 saturated heterocycles. The number of fused-ring (bicyclic) bond motifs is 1. The van der Waals surface area contributed by atoms with E-state index in [0.717, 1.165) is 12.2 Å². The molecule has 1 aliphatic rings. The zero-order valence-corrected chi connectivity index (χ0v) is 13.8. The quantitative estimate of drug-likeness (QED) is 0.638. The minimum atomic E-state index is 0. The summed E-state index contributed by atoms with van der Waals surface area (Å²) in [5, 5.41) is 0. The van der Waals surface area contributed by atoms with Crippen LogP contribution < -0.4 is 4.74 Å². The molecule has 0 unspecified atom stereocenters. The number of rotatable bonds is 0. The van der Waals surface area contributed by atoms with Gasteiger partial charge in [-0.25, -0.2) is 0 Å². The maximum atomic E-state index is 5.24. The third-order valence-electron chi connectivity index (χ3n) is 1.60. The van der Waals surface area contributed by atoms with E-state index in [4.69, 9.17) is 4.74 Å². The van der Waals surface area contributed by atoms with E-state index < -0.39 is 0 Å². The van der Waals surface area contributed by atoms with Gasteiger partial charge in [0.2, 0.25) is 0 Å². The fourth-order valence-corrected chi connectivity index (χ4v) is 1.08. The number of allylic oxidation sites excluding steroid dienone is 1. The molecule has 0 atom stereocenters. The van der Waals surface area contributed by atoms with Crippen molar-refractivity contribution in [1.82, 2.24) is 0 Å². The van der Waals surface area contributed by atoms with Gasteiger partial charge in [0.05, 0.1) is 6.26 Å². The second kappa shape index (κ2) is 13.4. The number of hydrogen-bond donors (Lipinski definition) is 0. The molecule has 0 fully saturated rings. The Morgan fingerprint density at radius 1 is 0.933 bits per heavy atom. The van der Waals surface area contributed by atoms with Gasteiger partial charge in [0.25, 0.3) is 0 Å². The van der Waals surface area contributed by atoms with E-state index in [1.807, 2.05) is 24.3 Å². The first-order chi connectivity index (χ1) is 4.97. The Kier molecular flexibility index (Phi) is 22.7. The van der Waals surface area contributed by atoms with Crippen LogP contribution in [-0.4, -0.2) is 69.4 Å². The molecule has 15 heavy (non-hydrogen) atoms. The molecule has 1 heterocycles. The number of ether oxygens (including phenoxy) is 1. The molecule has 1 aromatic rings. The van der Waals surface area contributed by atoms with Gasteiger partial charge in [-0.15, -0.1) is 0 Å². The molecule has 0 amide bonds. The van der Waals surface area contributed by atoms with Crippen molar-refractivity contribution >= 4 is 69.4 Å². The maximum absolute atomic E-state index is 5.24. The van der Waals surface area contributed by atoms with Gasteiger partial charge in [-0.2, -0.15) is 0 Å². The van der Waals surface area contributed by atoms with Crippen molar-refractivity contribution in [3.8, 4) is 5.75 Å². The zero-order valence-electron chi connectivity index (χ0n) is 8.21. The van der Waals surface area contributed by atoms with Crippen molar-refractivity contribution < 1.29 is 21.2 Å². The standard InChI is InChI=1S/C9H8O.4Al.Ni/c1-2-6-9-8(4-1)5-3-7-10-9;;;;;/h1-4,6-7H,5H2;;;;;. The molecule has 2 rings (SSSR count). The minimum absolute atomic E-state index is 0. The van der Waals surface area contributed by atoms with Crippen molar-refractivity contribution in [3.05, 3.63) is 42.2 Å². The number of hydrogen-bond acceptors (Lipinski definition) is 1. The van der Waals surface area contributed by atoms with E-state index in [2.05, 4.69) is 6.07 Å². The van der Waals surface area contributed by atoms with Gasteiger partial charge in [0.15, 0.2) is 0 Å². The molecular formula is C9H8Al4NiO. The van der Waals surface area contributed by atoms with Gasteiger partial charge in [-0.1, -0.05) is 18.2 Å². The molecule has 6 heteroatoms. The molecule has 1 nitrogen and oxygen atoms in total. The Labute approximate surface area is 143 Å². The molecule has 12 radical (unpaired) electrons. The second-order valence-corrected chi connectivity index (χ2v) is 2.30. The average Bonchev–Trinajstić information content (AvgIpc) is 2.05. The molecule has 0 aromatic heterocycles. The van der Waals surface area contributed by atoms with Crippen LogP contribution in [0.1, 0.15) is 5.56 Å². The van der Waals surface area contributed by atoms with Gasteiger partial charge in [-0.05, 0) is 24.1 Å². The van der Waals surface area contributed by atoms with Crippen molar-refractivity contribution in [2.75, 3.05) is 0 Å². The zero-order chi connectivity index (χ0) is 6.81. The Balaban J connectivity index is -0.000000121. The summed E-state index contributed by atoms with van der Waals surface area (Å²) in [6.07, 6.45) is 4.75. The van der Waals surface area contributed by atoms with Gasteiger partial charge < -0.3 is 4.74 Å². The van der Waals surface area contributed by atoms with Crippen LogP contribution in [0.25, 0.3) is 0 Å². The van der Waals surface area contributed by atoms with Crippen LogP contribution in [0.15, 0.2) is 36.6 Å². The van der Waals surface area contributed by atoms with E-state index in [1.54, 1.807) is 6.26 Å². The first kappa shape index (κ1) is 25.3. The molecule has 72 valence electrons. The van der Waals surface area contributed by atoms with Crippen LogP contribution in [-0.2, 0) is 22.9 Å². The Morgan fingerprint density at radius 3 is 2.13 bits per heavy atom. The van der Waals surface area contributed by atoms with Gasteiger partial charge in [-0.3, -0.25) is 0 Å². The number of para-hydroxylation sites is 1. The van der Waals surface area contributed by atoms with Crippen LogP contribution >= 0.6 is 0 Å². The summed E-state index contributed by atoms with van der Waals surface area (Å²) in [5.74, 6) is 0.991. The summed E-state index contributed by atoms with van der Waals surface area (Å²) in [6, 6.07) is 8.08. The molecule has 0 saturated carbocycles. The summed E-state index contributed by atoms with van der Waals surface area (Å²) in [6.45, 7) is 0. The predicted molar refractivity (Wildman–Crippen MR) is 62.9 cm³/mol. The normalized spacial score (nSPS) is 9.33. The molecular weight excluding hydrogens is 291 g/mol. The monoisotopic (exact) mass is 298 g/mol. The van der Waals surface area contributed by atoms with Gasteiger partial charge in [0, 0.05) is 85.9 Å². The molecule has 1 aliphatic heterocycles. The van der Waals surface area contributed by atoms with Crippen LogP contribution in [0.4, 0.5) is 0 Å². The van der Waals surface area contributed by atoms with Crippen molar-refractivity contribution in [2.24, 2.45) is 0 Å². The van der Waals surface area contributed by atoms with Crippen LogP contribution in [0, 0.1) is 0 Å². The van der Waals surface area contributed by atoms with Gasteiger partial charge in [0.1, 0.15) is 5.75 Å². The van der Waals surface area contributed by atoms with E-state index in [1.165, 1.54) is 5.56 Å². The fraction of sp³-hybridized carbons (Fsp3) is 0.111.